The first-order valence-electron chi connectivity index (χ1n) is 6.37. The Bertz CT molecular complexity index is 663. The van der Waals surface area contributed by atoms with Gasteiger partial charge in [0.15, 0.2) is 6.10 Å². The molecule has 0 saturated heterocycles. The highest BCUT2D eigenvalue weighted by atomic mass is 16.6. The topological polar surface area (TPSA) is 35.5 Å². The number of hydrogen-bond acceptors (Lipinski definition) is 3. The van der Waals surface area contributed by atoms with Crippen LogP contribution in [-0.2, 0) is 11.2 Å². The number of rotatable bonds is 0. The molecule has 2 aromatic carbocycles. The number of fused-ring (bicyclic) bond motifs is 4. The maximum Gasteiger partial charge on any atom is 0.338 e. The third-order valence-electron chi connectivity index (χ3n) is 3.73. The average molecular weight is 252 g/mol. The van der Waals surface area contributed by atoms with Gasteiger partial charge in [-0.05, 0) is 17.7 Å². The first-order valence-corrected chi connectivity index (χ1v) is 6.37. The Balaban J connectivity index is 1.83. The summed E-state index contributed by atoms with van der Waals surface area (Å²) >= 11 is 0. The lowest BCUT2D eigenvalue weighted by Crippen LogP contribution is -2.39. The van der Waals surface area contributed by atoms with Crippen LogP contribution in [0.4, 0.5) is 0 Å². The second kappa shape index (κ2) is 3.85. The molecule has 0 fully saturated rings. The Labute approximate surface area is 110 Å². The molecule has 0 saturated carbocycles. The molecule has 2 aliphatic rings. The summed E-state index contributed by atoms with van der Waals surface area (Å²) < 4.78 is 11.5. The molecule has 2 aliphatic heterocycles. The number of carbonyl (C=O) groups excluding carboxylic acids is 1. The smallest absolute Gasteiger partial charge is 0.338 e. The van der Waals surface area contributed by atoms with Crippen LogP contribution >= 0.6 is 0 Å². The van der Waals surface area contributed by atoms with Gasteiger partial charge in [0, 0.05) is 12.0 Å². The van der Waals surface area contributed by atoms with E-state index in [1.165, 1.54) is 0 Å². The fourth-order valence-corrected chi connectivity index (χ4v) is 2.82. The van der Waals surface area contributed by atoms with Crippen molar-refractivity contribution in [3.8, 4) is 5.75 Å². The minimum Gasteiger partial charge on any atom is -0.482 e. The van der Waals surface area contributed by atoms with Gasteiger partial charge in [-0.25, -0.2) is 4.79 Å². The maximum absolute atomic E-state index is 12.0. The predicted molar refractivity (Wildman–Crippen MR) is 69.2 cm³/mol. The third-order valence-corrected chi connectivity index (χ3v) is 3.73. The fraction of sp³-hybridized carbons (Fsp3) is 0.188. The van der Waals surface area contributed by atoms with Gasteiger partial charge in [-0.1, -0.05) is 36.4 Å². The molecule has 0 amide bonds. The van der Waals surface area contributed by atoms with Crippen molar-refractivity contribution in [3.63, 3.8) is 0 Å². The van der Waals surface area contributed by atoms with Gasteiger partial charge in [0.05, 0.1) is 5.56 Å². The van der Waals surface area contributed by atoms with Crippen LogP contribution in [0.1, 0.15) is 27.6 Å². The molecule has 0 aliphatic carbocycles. The zero-order chi connectivity index (χ0) is 12.8. The molecular weight excluding hydrogens is 240 g/mol. The molecule has 3 nitrogen and oxygen atoms in total. The molecule has 0 aromatic heterocycles. The first-order chi connectivity index (χ1) is 9.33. The number of esters is 1. The third kappa shape index (κ3) is 1.55. The molecule has 0 radical (unpaired) electrons. The average Bonchev–Trinajstić information content (AvgIpc) is 2.46. The van der Waals surface area contributed by atoms with Crippen LogP contribution in [0.5, 0.6) is 5.75 Å². The van der Waals surface area contributed by atoms with E-state index in [0.717, 1.165) is 16.9 Å². The highest BCUT2D eigenvalue weighted by Gasteiger charge is 2.40. The SMILES string of the molecule is O=C1OC2Cc3ccccc3OC2c2ccccc21. The number of carbonyl (C=O) groups is 1. The van der Waals surface area contributed by atoms with Crippen LogP contribution in [-0.4, -0.2) is 12.1 Å². The van der Waals surface area contributed by atoms with Gasteiger partial charge in [0.1, 0.15) is 11.9 Å². The van der Waals surface area contributed by atoms with Crippen LogP contribution in [0.15, 0.2) is 48.5 Å². The van der Waals surface area contributed by atoms with E-state index in [9.17, 15) is 4.79 Å². The lowest BCUT2D eigenvalue weighted by Gasteiger charge is -2.37. The van der Waals surface area contributed by atoms with E-state index in [-0.39, 0.29) is 18.2 Å². The van der Waals surface area contributed by atoms with Gasteiger partial charge in [-0.15, -0.1) is 0 Å². The number of benzene rings is 2. The summed E-state index contributed by atoms with van der Waals surface area (Å²) in [6.07, 6.45) is 0.294. The summed E-state index contributed by atoms with van der Waals surface area (Å²) in [7, 11) is 0. The highest BCUT2D eigenvalue weighted by molar-refractivity contribution is 5.92. The molecule has 19 heavy (non-hydrogen) atoms. The summed E-state index contributed by atoms with van der Waals surface area (Å²) in [5.74, 6) is 0.635. The fourth-order valence-electron chi connectivity index (χ4n) is 2.82. The lowest BCUT2D eigenvalue weighted by atomic mass is 9.90. The Morgan fingerprint density at radius 2 is 1.74 bits per heavy atom. The zero-order valence-electron chi connectivity index (χ0n) is 10.2. The maximum atomic E-state index is 12.0. The van der Waals surface area contributed by atoms with Crippen LogP contribution in [0.2, 0.25) is 0 Å². The van der Waals surface area contributed by atoms with Crippen molar-refractivity contribution in [2.24, 2.45) is 0 Å². The minimum atomic E-state index is -0.250. The van der Waals surface area contributed by atoms with E-state index >= 15 is 0 Å². The lowest BCUT2D eigenvalue weighted by molar-refractivity contribution is -0.0275. The minimum absolute atomic E-state index is 0.191. The normalized spacial score (nSPS) is 23.5. The summed E-state index contributed by atoms with van der Waals surface area (Å²) in [6, 6.07) is 15.4. The molecule has 0 bridgehead atoms. The molecule has 3 heteroatoms. The van der Waals surface area contributed by atoms with Gasteiger partial charge in [-0.3, -0.25) is 0 Å². The standard InChI is InChI=1S/C16H12O3/c17-16-12-7-3-2-6-11(12)15-14(19-16)9-10-5-1-4-8-13(10)18-15/h1-8,14-15H,9H2. The predicted octanol–water partition coefficient (Wildman–Crippen LogP) is 2.90. The van der Waals surface area contributed by atoms with Crippen LogP contribution in [0.25, 0.3) is 0 Å². The van der Waals surface area contributed by atoms with E-state index < -0.39 is 0 Å². The number of para-hydroxylation sites is 1. The van der Waals surface area contributed by atoms with Crippen molar-refractivity contribution in [3.05, 3.63) is 65.2 Å². The van der Waals surface area contributed by atoms with E-state index in [0.29, 0.717) is 12.0 Å². The molecule has 2 unspecified atom stereocenters. The molecule has 0 spiro atoms. The zero-order valence-corrected chi connectivity index (χ0v) is 10.2. The Morgan fingerprint density at radius 3 is 2.68 bits per heavy atom. The molecule has 2 heterocycles. The van der Waals surface area contributed by atoms with Crippen LogP contribution in [0.3, 0.4) is 0 Å². The molecule has 2 atom stereocenters. The van der Waals surface area contributed by atoms with Crippen LogP contribution < -0.4 is 4.74 Å². The van der Waals surface area contributed by atoms with Gasteiger partial charge >= 0.3 is 5.97 Å². The summed E-state index contributed by atoms with van der Waals surface area (Å²) in [6.45, 7) is 0. The molecule has 2 aromatic rings. The Kier molecular flexibility index (Phi) is 2.15. The summed E-state index contributed by atoms with van der Waals surface area (Å²) in [5, 5.41) is 0. The van der Waals surface area contributed by atoms with Crippen molar-refractivity contribution in [1.82, 2.24) is 0 Å². The molecule has 4 rings (SSSR count). The monoisotopic (exact) mass is 252 g/mol. The van der Waals surface area contributed by atoms with Gasteiger partial charge in [0.25, 0.3) is 0 Å². The van der Waals surface area contributed by atoms with E-state index in [2.05, 4.69) is 0 Å². The van der Waals surface area contributed by atoms with Crippen molar-refractivity contribution in [1.29, 1.82) is 0 Å². The van der Waals surface area contributed by atoms with E-state index in [1.54, 1.807) is 6.07 Å². The van der Waals surface area contributed by atoms with Gasteiger partial charge in [-0.2, -0.15) is 0 Å². The van der Waals surface area contributed by atoms with Gasteiger partial charge < -0.3 is 9.47 Å². The largest absolute Gasteiger partial charge is 0.482 e. The van der Waals surface area contributed by atoms with Crippen molar-refractivity contribution >= 4 is 5.97 Å². The molecular formula is C16H12O3. The first kappa shape index (κ1) is 10.6. The second-order valence-electron chi connectivity index (χ2n) is 4.88. The number of ether oxygens (including phenoxy) is 2. The summed E-state index contributed by atoms with van der Waals surface area (Å²) in [5.41, 5.74) is 2.64. The van der Waals surface area contributed by atoms with Crippen LogP contribution in [0, 0.1) is 0 Å². The Hall–Kier alpha value is -2.29. The molecule has 0 N–H and O–H groups in total. The highest BCUT2D eigenvalue weighted by Crippen LogP contribution is 2.40. The second-order valence-corrected chi connectivity index (χ2v) is 4.88. The quantitative estimate of drug-likeness (QED) is 0.676. The van der Waals surface area contributed by atoms with E-state index in [1.807, 2.05) is 42.5 Å². The van der Waals surface area contributed by atoms with E-state index in [4.69, 9.17) is 9.47 Å². The van der Waals surface area contributed by atoms with Gasteiger partial charge in [0.2, 0.25) is 0 Å². The molecule has 94 valence electrons. The van der Waals surface area contributed by atoms with Crippen molar-refractivity contribution in [2.75, 3.05) is 0 Å². The van der Waals surface area contributed by atoms with Crippen molar-refractivity contribution in [2.45, 2.75) is 18.6 Å². The number of hydrogen-bond donors (Lipinski definition) is 0. The summed E-state index contributed by atoms with van der Waals surface area (Å²) in [4.78, 5) is 12.0. The van der Waals surface area contributed by atoms with Crippen molar-refractivity contribution < 1.29 is 14.3 Å². The Morgan fingerprint density at radius 1 is 0.947 bits per heavy atom.